The fraction of sp³-hybridized carbons (Fsp3) is 0.154. The van der Waals surface area contributed by atoms with Crippen LogP contribution >= 0.6 is 0 Å². The molecule has 0 radical (unpaired) electrons. The van der Waals surface area contributed by atoms with Crippen LogP contribution in [0.15, 0.2) is 84.9 Å². The summed E-state index contributed by atoms with van der Waals surface area (Å²) in [7, 11) is 0. The lowest BCUT2D eigenvalue weighted by Crippen LogP contribution is -2.25. The molecule has 1 saturated carbocycles. The second-order valence-corrected chi connectivity index (χ2v) is 7.94. The first-order chi connectivity index (χ1) is 15.2. The van der Waals surface area contributed by atoms with Crippen LogP contribution in [-0.4, -0.2) is 22.4 Å². The lowest BCUT2D eigenvalue weighted by molar-refractivity contribution is 0.0949. The monoisotopic (exact) mass is 409 g/mol. The standard InChI is InChI=1S/C26H23N3O2/c30-25(27-21-13-14-21)20-10-6-11-22(15-20)28-26(31)24-16-19-9-4-5-12-23(19)29(24)17-18-7-2-1-3-8-18/h1-12,15-16,21H,13-14,17H2,(H,27,30)(H,28,31). The molecule has 3 aromatic carbocycles. The van der Waals surface area contributed by atoms with E-state index in [9.17, 15) is 9.59 Å². The van der Waals surface area contributed by atoms with E-state index in [0.29, 0.717) is 29.5 Å². The van der Waals surface area contributed by atoms with E-state index in [1.54, 1.807) is 24.3 Å². The molecule has 2 N–H and O–H groups in total. The molecule has 1 aromatic heterocycles. The zero-order valence-electron chi connectivity index (χ0n) is 17.0. The molecule has 154 valence electrons. The van der Waals surface area contributed by atoms with Crippen molar-refractivity contribution in [3.05, 3.63) is 102 Å². The Kier molecular flexibility index (Phi) is 5.00. The van der Waals surface area contributed by atoms with Crippen LogP contribution in [-0.2, 0) is 6.54 Å². The number of carbonyl (C=O) groups is 2. The summed E-state index contributed by atoms with van der Waals surface area (Å²) >= 11 is 0. The molecular weight excluding hydrogens is 386 g/mol. The van der Waals surface area contributed by atoms with Crippen LogP contribution in [0.4, 0.5) is 5.69 Å². The van der Waals surface area contributed by atoms with Crippen LogP contribution in [0.5, 0.6) is 0 Å². The first kappa shape index (κ1) is 19.1. The number of benzene rings is 3. The highest BCUT2D eigenvalue weighted by molar-refractivity contribution is 6.07. The summed E-state index contributed by atoms with van der Waals surface area (Å²) in [6, 6.07) is 27.4. The van der Waals surface area contributed by atoms with Crippen molar-refractivity contribution in [2.45, 2.75) is 25.4 Å². The lowest BCUT2D eigenvalue weighted by atomic mass is 10.2. The van der Waals surface area contributed by atoms with E-state index in [1.165, 1.54) is 0 Å². The van der Waals surface area contributed by atoms with Gasteiger partial charge < -0.3 is 15.2 Å². The Morgan fingerprint density at radius 1 is 0.839 bits per heavy atom. The number of rotatable bonds is 6. The molecule has 0 aliphatic heterocycles. The summed E-state index contributed by atoms with van der Waals surface area (Å²) in [6.07, 6.45) is 2.07. The van der Waals surface area contributed by atoms with E-state index in [4.69, 9.17) is 0 Å². The van der Waals surface area contributed by atoms with Crippen LogP contribution in [0, 0.1) is 0 Å². The summed E-state index contributed by atoms with van der Waals surface area (Å²) < 4.78 is 2.03. The average molecular weight is 409 g/mol. The first-order valence-corrected chi connectivity index (χ1v) is 10.5. The molecule has 0 atom stereocenters. The highest BCUT2D eigenvalue weighted by Crippen LogP contribution is 2.23. The molecule has 1 aliphatic rings. The SMILES string of the molecule is O=C(NC1CC1)c1cccc(NC(=O)c2cc3ccccc3n2Cc2ccccc2)c1. The molecule has 0 saturated heterocycles. The maximum atomic E-state index is 13.2. The van der Waals surface area contributed by atoms with Crippen molar-refractivity contribution < 1.29 is 9.59 Å². The van der Waals surface area contributed by atoms with Gasteiger partial charge in [0, 0.05) is 34.7 Å². The maximum absolute atomic E-state index is 13.2. The summed E-state index contributed by atoms with van der Waals surface area (Å²) in [5, 5.41) is 6.97. The number of hydrogen-bond donors (Lipinski definition) is 2. The van der Waals surface area contributed by atoms with E-state index in [1.807, 2.05) is 53.1 Å². The molecule has 4 aromatic rings. The van der Waals surface area contributed by atoms with Gasteiger partial charge in [0.2, 0.25) is 0 Å². The fourth-order valence-electron chi connectivity index (χ4n) is 3.76. The quantitative estimate of drug-likeness (QED) is 0.479. The Hall–Kier alpha value is -3.86. The van der Waals surface area contributed by atoms with E-state index in [0.717, 1.165) is 29.3 Å². The largest absolute Gasteiger partial charge is 0.349 e. The molecule has 0 unspecified atom stereocenters. The van der Waals surface area contributed by atoms with Crippen molar-refractivity contribution in [3.8, 4) is 0 Å². The zero-order chi connectivity index (χ0) is 21.2. The van der Waals surface area contributed by atoms with Crippen molar-refractivity contribution >= 4 is 28.4 Å². The molecule has 5 heteroatoms. The van der Waals surface area contributed by atoms with Crippen LogP contribution < -0.4 is 10.6 Å². The number of nitrogens with one attached hydrogen (secondary N) is 2. The fourth-order valence-corrected chi connectivity index (χ4v) is 3.76. The van der Waals surface area contributed by atoms with Crippen molar-refractivity contribution in [1.82, 2.24) is 9.88 Å². The molecule has 2 amide bonds. The zero-order valence-corrected chi connectivity index (χ0v) is 17.0. The molecule has 31 heavy (non-hydrogen) atoms. The minimum Gasteiger partial charge on any atom is -0.349 e. The third kappa shape index (κ3) is 4.21. The van der Waals surface area contributed by atoms with Crippen LogP contribution in [0.25, 0.3) is 10.9 Å². The minimum absolute atomic E-state index is 0.100. The third-order valence-electron chi connectivity index (χ3n) is 5.52. The summed E-state index contributed by atoms with van der Waals surface area (Å²) in [5.74, 6) is -0.302. The predicted molar refractivity (Wildman–Crippen MR) is 122 cm³/mol. The molecule has 1 aliphatic carbocycles. The van der Waals surface area contributed by atoms with Gasteiger partial charge in [-0.2, -0.15) is 0 Å². The number of carbonyl (C=O) groups excluding carboxylic acids is 2. The number of nitrogens with zero attached hydrogens (tertiary/aromatic N) is 1. The Morgan fingerprint density at radius 2 is 1.61 bits per heavy atom. The first-order valence-electron chi connectivity index (χ1n) is 10.5. The van der Waals surface area contributed by atoms with Crippen LogP contribution in [0.1, 0.15) is 39.3 Å². The number of hydrogen-bond acceptors (Lipinski definition) is 2. The minimum atomic E-state index is -0.202. The number of anilines is 1. The Bertz CT molecular complexity index is 1260. The molecule has 5 rings (SSSR count). The van der Waals surface area contributed by atoms with Gasteiger partial charge in [0.15, 0.2) is 0 Å². The highest BCUT2D eigenvalue weighted by atomic mass is 16.2. The molecule has 1 fully saturated rings. The van der Waals surface area contributed by atoms with Crippen LogP contribution in [0.2, 0.25) is 0 Å². The number of amides is 2. The van der Waals surface area contributed by atoms with Crippen molar-refractivity contribution in [3.63, 3.8) is 0 Å². The normalized spacial score (nSPS) is 13.2. The maximum Gasteiger partial charge on any atom is 0.272 e. The van der Waals surface area contributed by atoms with Crippen molar-refractivity contribution in [2.24, 2.45) is 0 Å². The lowest BCUT2D eigenvalue weighted by Gasteiger charge is -2.12. The van der Waals surface area contributed by atoms with Crippen molar-refractivity contribution in [1.29, 1.82) is 0 Å². The summed E-state index contributed by atoms with van der Waals surface area (Å²) in [6.45, 7) is 0.598. The van der Waals surface area contributed by atoms with Gasteiger partial charge in [0.05, 0.1) is 0 Å². The number of aromatic nitrogens is 1. The van der Waals surface area contributed by atoms with Gasteiger partial charge in [0.25, 0.3) is 11.8 Å². The molecule has 0 spiro atoms. The smallest absolute Gasteiger partial charge is 0.272 e. The second kappa shape index (κ2) is 8.11. The Morgan fingerprint density at radius 3 is 2.42 bits per heavy atom. The second-order valence-electron chi connectivity index (χ2n) is 7.94. The molecule has 1 heterocycles. The molecule has 5 nitrogen and oxygen atoms in total. The Labute approximate surface area is 180 Å². The van der Waals surface area contributed by atoms with E-state index >= 15 is 0 Å². The van der Waals surface area contributed by atoms with Crippen molar-refractivity contribution in [2.75, 3.05) is 5.32 Å². The highest BCUT2D eigenvalue weighted by Gasteiger charge is 2.24. The van der Waals surface area contributed by atoms with Gasteiger partial charge in [-0.3, -0.25) is 9.59 Å². The molecule has 0 bridgehead atoms. The van der Waals surface area contributed by atoms with E-state index in [2.05, 4.69) is 22.8 Å². The van der Waals surface area contributed by atoms with Crippen LogP contribution in [0.3, 0.4) is 0 Å². The predicted octanol–water partition coefficient (Wildman–Crippen LogP) is 4.83. The van der Waals surface area contributed by atoms with E-state index in [-0.39, 0.29) is 11.8 Å². The van der Waals surface area contributed by atoms with Gasteiger partial charge in [-0.1, -0.05) is 54.6 Å². The summed E-state index contributed by atoms with van der Waals surface area (Å²) in [5.41, 5.74) is 3.86. The summed E-state index contributed by atoms with van der Waals surface area (Å²) in [4.78, 5) is 25.6. The van der Waals surface area contributed by atoms with Gasteiger partial charge in [-0.15, -0.1) is 0 Å². The van der Waals surface area contributed by atoms with Gasteiger partial charge in [-0.05, 0) is 48.7 Å². The molecular formula is C26H23N3O2. The topological polar surface area (TPSA) is 63.1 Å². The van der Waals surface area contributed by atoms with Gasteiger partial charge in [-0.25, -0.2) is 0 Å². The number of fused-ring (bicyclic) bond motifs is 1. The number of para-hydroxylation sites is 1. The van der Waals surface area contributed by atoms with E-state index < -0.39 is 0 Å². The Balaban J connectivity index is 1.43. The van der Waals surface area contributed by atoms with Gasteiger partial charge >= 0.3 is 0 Å². The van der Waals surface area contributed by atoms with Gasteiger partial charge in [0.1, 0.15) is 5.69 Å². The third-order valence-corrected chi connectivity index (χ3v) is 5.52. The average Bonchev–Trinajstić information content (AvgIpc) is 3.54.